The van der Waals surface area contributed by atoms with Crippen LogP contribution in [0.15, 0.2) is 47.5 Å². The van der Waals surface area contributed by atoms with Gasteiger partial charge in [-0.3, -0.25) is 9.20 Å². The molecule has 1 N–H and O–H groups in total. The predicted molar refractivity (Wildman–Crippen MR) is 119 cm³/mol. The summed E-state index contributed by atoms with van der Waals surface area (Å²) in [5.74, 6) is 0.997. The summed E-state index contributed by atoms with van der Waals surface area (Å²) < 4.78 is 27.9. The predicted octanol–water partition coefficient (Wildman–Crippen LogP) is 2.86. The molecule has 11 heteroatoms. The number of rotatable bonds is 8. The molecule has 0 saturated carbocycles. The van der Waals surface area contributed by atoms with Crippen LogP contribution in [-0.4, -0.2) is 59.3 Å². The monoisotopic (exact) mass is 467 g/mol. The summed E-state index contributed by atoms with van der Waals surface area (Å²) in [6.45, 7) is 0. The molecule has 8 nitrogen and oxygen atoms in total. The number of thioether (sulfide) groups is 1. The quantitative estimate of drug-likeness (QED) is 0.547. The van der Waals surface area contributed by atoms with E-state index in [2.05, 4.69) is 15.5 Å². The highest BCUT2D eigenvalue weighted by Gasteiger charge is 2.25. The zero-order chi connectivity index (χ0) is 21.9. The van der Waals surface area contributed by atoms with Gasteiger partial charge in [0.15, 0.2) is 11.5 Å². The average Bonchev–Trinajstić information content (AvgIpc) is 3.15. The highest BCUT2D eigenvalue weighted by atomic mass is 35.5. The first-order valence-corrected chi connectivity index (χ1v) is 12.3. The Morgan fingerprint density at radius 3 is 2.73 bits per heavy atom. The lowest BCUT2D eigenvalue weighted by atomic mass is 10.1. The van der Waals surface area contributed by atoms with E-state index in [-0.39, 0.29) is 15.5 Å². The van der Waals surface area contributed by atoms with Gasteiger partial charge < -0.3 is 5.32 Å². The largest absolute Gasteiger partial charge is 0.342 e. The average molecular weight is 468 g/mol. The van der Waals surface area contributed by atoms with Crippen molar-refractivity contribution in [3.05, 3.63) is 59.0 Å². The van der Waals surface area contributed by atoms with Gasteiger partial charge >= 0.3 is 0 Å². The van der Waals surface area contributed by atoms with E-state index < -0.39 is 22.0 Å². The highest BCUT2D eigenvalue weighted by molar-refractivity contribution is 7.98. The smallest absolute Gasteiger partial charge is 0.251 e. The van der Waals surface area contributed by atoms with Crippen molar-refractivity contribution in [2.24, 2.45) is 0 Å². The van der Waals surface area contributed by atoms with Gasteiger partial charge in [-0.05, 0) is 48.8 Å². The van der Waals surface area contributed by atoms with Crippen LogP contribution >= 0.6 is 23.4 Å². The molecule has 3 rings (SSSR count). The number of benzene rings is 1. The second-order valence-electron chi connectivity index (χ2n) is 6.73. The van der Waals surface area contributed by atoms with E-state index in [4.69, 9.17) is 11.6 Å². The number of amides is 1. The lowest BCUT2D eigenvalue weighted by Crippen LogP contribution is -2.31. The van der Waals surface area contributed by atoms with Crippen LogP contribution in [0.1, 0.15) is 28.6 Å². The van der Waals surface area contributed by atoms with E-state index in [0.717, 1.165) is 10.1 Å². The molecule has 0 aliphatic rings. The van der Waals surface area contributed by atoms with Gasteiger partial charge in [-0.1, -0.05) is 17.7 Å². The Hall–Kier alpha value is -2.14. The highest BCUT2D eigenvalue weighted by Crippen LogP contribution is 2.25. The van der Waals surface area contributed by atoms with Crippen molar-refractivity contribution < 1.29 is 13.2 Å². The standard InChI is InChI=1S/C19H22ClN5O3S2/c1-24(2)30(27,28)16-12-13(7-8-14(16)20)19(26)21-15(9-11-29-3)18-23-22-17-6-4-5-10-25(17)18/h4-8,10,12,15H,9,11H2,1-3H3,(H,21,26). The summed E-state index contributed by atoms with van der Waals surface area (Å²) in [5, 5.41) is 11.4. The number of hydrogen-bond acceptors (Lipinski definition) is 6. The van der Waals surface area contributed by atoms with Crippen LogP contribution in [0.3, 0.4) is 0 Å². The zero-order valence-corrected chi connectivity index (χ0v) is 19.1. The Morgan fingerprint density at radius 2 is 2.03 bits per heavy atom. The van der Waals surface area contributed by atoms with E-state index in [1.54, 1.807) is 11.8 Å². The van der Waals surface area contributed by atoms with Crippen molar-refractivity contribution in [1.82, 2.24) is 24.2 Å². The first-order chi connectivity index (χ1) is 14.3. The van der Waals surface area contributed by atoms with Gasteiger partial charge in [-0.15, -0.1) is 10.2 Å². The maximum absolute atomic E-state index is 13.0. The SMILES string of the molecule is CSCCC(NC(=O)c1ccc(Cl)c(S(=O)(=O)N(C)C)c1)c1nnc2ccccn12. The number of nitrogens with zero attached hydrogens (tertiary/aromatic N) is 4. The molecule has 2 aromatic heterocycles. The summed E-state index contributed by atoms with van der Waals surface area (Å²) in [6.07, 6.45) is 4.46. The van der Waals surface area contributed by atoms with E-state index in [1.807, 2.05) is 35.1 Å². The summed E-state index contributed by atoms with van der Waals surface area (Å²) >= 11 is 7.74. The van der Waals surface area contributed by atoms with Crippen molar-refractivity contribution in [1.29, 1.82) is 0 Å². The number of sulfonamides is 1. The van der Waals surface area contributed by atoms with Crippen LogP contribution in [0, 0.1) is 0 Å². The number of fused-ring (bicyclic) bond motifs is 1. The molecule has 0 bridgehead atoms. The summed E-state index contributed by atoms with van der Waals surface area (Å²) in [5.41, 5.74) is 0.879. The first kappa shape index (κ1) is 22.5. The molecule has 30 heavy (non-hydrogen) atoms. The second-order valence-corrected chi connectivity index (χ2v) is 10.2. The summed E-state index contributed by atoms with van der Waals surface area (Å²) in [7, 11) is -0.967. The Balaban J connectivity index is 1.93. The van der Waals surface area contributed by atoms with Crippen LogP contribution in [0.25, 0.3) is 5.65 Å². The fraction of sp³-hybridized carbons (Fsp3) is 0.316. The maximum Gasteiger partial charge on any atom is 0.251 e. The van der Waals surface area contributed by atoms with Crippen molar-refractivity contribution in [2.75, 3.05) is 26.1 Å². The molecule has 1 amide bonds. The number of carbonyl (C=O) groups excluding carboxylic acids is 1. The van der Waals surface area contributed by atoms with Crippen LogP contribution in [-0.2, 0) is 10.0 Å². The fourth-order valence-corrected chi connectivity index (χ4v) is 4.74. The van der Waals surface area contributed by atoms with E-state index in [1.165, 1.54) is 32.3 Å². The Bertz CT molecular complexity index is 1160. The van der Waals surface area contributed by atoms with Gasteiger partial charge in [-0.25, -0.2) is 12.7 Å². The van der Waals surface area contributed by atoms with Crippen LogP contribution in [0.4, 0.5) is 0 Å². The summed E-state index contributed by atoms with van der Waals surface area (Å²) in [4.78, 5) is 12.9. The fourth-order valence-electron chi connectivity index (χ4n) is 2.88. The summed E-state index contributed by atoms with van der Waals surface area (Å²) in [6, 6.07) is 9.37. The van der Waals surface area contributed by atoms with Gasteiger partial charge in [0.2, 0.25) is 10.0 Å². The third kappa shape index (κ3) is 4.61. The van der Waals surface area contributed by atoms with E-state index in [0.29, 0.717) is 17.9 Å². The Labute approximate surface area is 184 Å². The van der Waals surface area contributed by atoms with Crippen LogP contribution < -0.4 is 5.32 Å². The van der Waals surface area contributed by atoms with E-state index in [9.17, 15) is 13.2 Å². The van der Waals surface area contributed by atoms with Gasteiger partial charge in [0.25, 0.3) is 5.91 Å². The lowest BCUT2D eigenvalue weighted by Gasteiger charge is -2.18. The molecule has 3 aromatic rings. The van der Waals surface area contributed by atoms with Crippen molar-refractivity contribution in [3.63, 3.8) is 0 Å². The molecular weight excluding hydrogens is 446 g/mol. The maximum atomic E-state index is 13.0. The third-order valence-electron chi connectivity index (χ3n) is 4.52. The van der Waals surface area contributed by atoms with E-state index >= 15 is 0 Å². The molecule has 1 aromatic carbocycles. The molecule has 0 aliphatic carbocycles. The molecule has 0 radical (unpaired) electrons. The number of aromatic nitrogens is 3. The number of nitrogens with one attached hydrogen (secondary N) is 1. The van der Waals surface area contributed by atoms with Crippen molar-refractivity contribution in [2.45, 2.75) is 17.4 Å². The molecule has 160 valence electrons. The van der Waals surface area contributed by atoms with Crippen molar-refractivity contribution in [3.8, 4) is 0 Å². The zero-order valence-electron chi connectivity index (χ0n) is 16.7. The number of halogens is 1. The van der Waals surface area contributed by atoms with Crippen LogP contribution in [0.5, 0.6) is 0 Å². The number of carbonyl (C=O) groups is 1. The lowest BCUT2D eigenvalue weighted by molar-refractivity contribution is 0.0933. The molecule has 2 heterocycles. The minimum absolute atomic E-state index is 0.0580. The molecule has 1 unspecified atom stereocenters. The minimum atomic E-state index is -3.79. The van der Waals surface area contributed by atoms with Gasteiger partial charge in [0.1, 0.15) is 4.90 Å². The topological polar surface area (TPSA) is 96.7 Å². The molecule has 0 spiro atoms. The first-order valence-electron chi connectivity index (χ1n) is 9.07. The normalized spacial score (nSPS) is 13.0. The Kier molecular flexibility index (Phi) is 7.02. The molecule has 0 saturated heterocycles. The molecule has 1 atom stereocenters. The molecule has 0 fully saturated rings. The molecular formula is C19H22ClN5O3S2. The second kappa shape index (κ2) is 9.34. The van der Waals surface area contributed by atoms with Crippen molar-refractivity contribution >= 4 is 44.9 Å². The molecule has 0 aliphatic heterocycles. The van der Waals surface area contributed by atoms with Gasteiger partial charge in [0, 0.05) is 25.9 Å². The van der Waals surface area contributed by atoms with Crippen LogP contribution in [0.2, 0.25) is 5.02 Å². The Morgan fingerprint density at radius 1 is 1.27 bits per heavy atom. The number of pyridine rings is 1. The third-order valence-corrected chi connectivity index (χ3v) is 7.46. The minimum Gasteiger partial charge on any atom is -0.342 e. The van der Waals surface area contributed by atoms with Gasteiger partial charge in [0.05, 0.1) is 11.1 Å². The van der Waals surface area contributed by atoms with Gasteiger partial charge in [-0.2, -0.15) is 11.8 Å². The number of hydrogen-bond donors (Lipinski definition) is 1.